The number of amides is 2. The Bertz CT molecular complexity index is 1400. The fourth-order valence-electron chi connectivity index (χ4n) is 4.29. The Balaban J connectivity index is 2.06. The molecule has 3 aromatic rings. The molecule has 1 N–H and O–H groups in total. The molecule has 0 aromatic heterocycles. The van der Waals surface area contributed by atoms with Crippen molar-refractivity contribution in [2.24, 2.45) is 0 Å². The number of ether oxygens (including phenoxy) is 2. The largest absolute Gasteiger partial charge is 0.493 e. The summed E-state index contributed by atoms with van der Waals surface area (Å²) >= 11 is 0. The number of hydrogen-bond acceptors (Lipinski definition) is 6. The molecular weight excluding hydrogens is 518 g/mol. The van der Waals surface area contributed by atoms with Gasteiger partial charge in [-0.15, -0.1) is 0 Å². The van der Waals surface area contributed by atoms with Crippen molar-refractivity contribution in [1.82, 2.24) is 10.2 Å². The van der Waals surface area contributed by atoms with E-state index in [4.69, 9.17) is 9.47 Å². The van der Waals surface area contributed by atoms with Gasteiger partial charge in [0.15, 0.2) is 11.5 Å². The number of hydrogen-bond donors (Lipinski definition) is 1. The highest BCUT2D eigenvalue weighted by atomic mass is 32.2. The molecular formula is C29H35N3O6S. The average Bonchev–Trinajstić information content (AvgIpc) is 2.93. The molecule has 0 saturated heterocycles. The zero-order valence-electron chi connectivity index (χ0n) is 22.9. The van der Waals surface area contributed by atoms with Crippen molar-refractivity contribution in [2.75, 3.05) is 38.4 Å². The maximum atomic E-state index is 14.0. The molecule has 10 heteroatoms. The van der Waals surface area contributed by atoms with Gasteiger partial charge in [0, 0.05) is 26.1 Å². The van der Waals surface area contributed by atoms with Crippen LogP contribution in [0.15, 0.2) is 72.8 Å². The van der Waals surface area contributed by atoms with E-state index in [0.717, 1.165) is 27.3 Å². The molecule has 2 amide bonds. The van der Waals surface area contributed by atoms with Gasteiger partial charge in [-0.25, -0.2) is 8.42 Å². The zero-order chi connectivity index (χ0) is 28.6. The Morgan fingerprint density at radius 2 is 1.56 bits per heavy atom. The van der Waals surface area contributed by atoms with E-state index in [1.165, 1.54) is 32.2 Å². The van der Waals surface area contributed by atoms with Crippen LogP contribution in [-0.2, 0) is 32.6 Å². The molecule has 3 aromatic carbocycles. The van der Waals surface area contributed by atoms with Gasteiger partial charge in [0.25, 0.3) is 0 Å². The SMILES string of the molecule is CNC(=O)[C@H](Cc1ccccc1)N(Cc1ccccc1C)C(=O)CN(c1ccc(OC)c(OC)c1)S(C)(=O)=O. The Hall–Kier alpha value is -4.05. The van der Waals surface area contributed by atoms with Crippen LogP contribution in [-0.4, -0.2) is 65.2 Å². The van der Waals surface area contributed by atoms with Crippen molar-refractivity contribution in [3.63, 3.8) is 0 Å². The lowest BCUT2D eigenvalue weighted by Crippen LogP contribution is -2.53. The topological polar surface area (TPSA) is 105 Å². The van der Waals surface area contributed by atoms with Gasteiger partial charge in [-0.3, -0.25) is 13.9 Å². The summed E-state index contributed by atoms with van der Waals surface area (Å²) in [6, 6.07) is 20.7. The normalized spacial score (nSPS) is 11.8. The van der Waals surface area contributed by atoms with Gasteiger partial charge in [0.05, 0.1) is 26.2 Å². The van der Waals surface area contributed by atoms with Crippen LogP contribution in [0, 0.1) is 6.92 Å². The minimum Gasteiger partial charge on any atom is -0.493 e. The quantitative estimate of drug-likeness (QED) is 0.370. The number of carbonyl (C=O) groups excluding carboxylic acids is 2. The molecule has 0 saturated carbocycles. The van der Waals surface area contributed by atoms with Crippen LogP contribution in [0.3, 0.4) is 0 Å². The van der Waals surface area contributed by atoms with Gasteiger partial charge in [-0.2, -0.15) is 0 Å². The van der Waals surface area contributed by atoms with Crippen molar-refractivity contribution in [3.05, 3.63) is 89.5 Å². The number of benzene rings is 3. The smallest absolute Gasteiger partial charge is 0.244 e. The lowest BCUT2D eigenvalue weighted by molar-refractivity contribution is -0.139. The lowest BCUT2D eigenvalue weighted by atomic mass is 10.0. The highest BCUT2D eigenvalue weighted by Gasteiger charge is 2.33. The number of likely N-dealkylation sites (N-methyl/N-ethyl adjacent to an activating group) is 1. The third-order valence-corrected chi connectivity index (χ3v) is 7.59. The van der Waals surface area contributed by atoms with E-state index in [1.807, 2.05) is 61.5 Å². The molecule has 208 valence electrons. The number of anilines is 1. The van der Waals surface area contributed by atoms with Crippen LogP contribution >= 0.6 is 0 Å². The van der Waals surface area contributed by atoms with Gasteiger partial charge >= 0.3 is 0 Å². The van der Waals surface area contributed by atoms with Crippen LogP contribution in [0.2, 0.25) is 0 Å². The number of nitrogens with zero attached hydrogens (tertiary/aromatic N) is 2. The summed E-state index contributed by atoms with van der Waals surface area (Å²) < 4.78 is 37.4. The van der Waals surface area contributed by atoms with Crippen molar-refractivity contribution in [1.29, 1.82) is 0 Å². The number of nitrogens with one attached hydrogen (secondary N) is 1. The number of aryl methyl sites for hydroxylation is 1. The van der Waals surface area contributed by atoms with Crippen LogP contribution in [0.25, 0.3) is 0 Å². The maximum absolute atomic E-state index is 14.0. The second-order valence-corrected chi connectivity index (χ2v) is 11.0. The van der Waals surface area contributed by atoms with Gasteiger partial charge < -0.3 is 19.7 Å². The summed E-state index contributed by atoms with van der Waals surface area (Å²) in [6.45, 7) is 1.54. The average molecular weight is 554 g/mol. The fourth-order valence-corrected chi connectivity index (χ4v) is 5.13. The van der Waals surface area contributed by atoms with Crippen molar-refractivity contribution in [2.45, 2.75) is 25.9 Å². The fraction of sp³-hybridized carbons (Fsp3) is 0.310. The first-order chi connectivity index (χ1) is 18.6. The predicted molar refractivity (Wildman–Crippen MR) is 151 cm³/mol. The molecule has 0 radical (unpaired) electrons. The first-order valence-corrected chi connectivity index (χ1v) is 14.2. The summed E-state index contributed by atoms with van der Waals surface area (Å²) in [4.78, 5) is 28.6. The van der Waals surface area contributed by atoms with Crippen molar-refractivity contribution >= 4 is 27.5 Å². The first-order valence-electron chi connectivity index (χ1n) is 12.4. The van der Waals surface area contributed by atoms with Crippen LogP contribution < -0.4 is 19.1 Å². The Morgan fingerprint density at radius 1 is 0.923 bits per heavy atom. The minimum atomic E-state index is -3.89. The molecule has 3 rings (SSSR count). The summed E-state index contributed by atoms with van der Waals surface area (Å²) in [5, 5.41) is 2.67. The van der Waals surface area contributed by atoms with Crippen LogP contribution in [0.1, 0.15) is 16.7 Å². The molecule has 0 aliphatic rings. The summed E-state index contributed by atoms with van der Waals surface area (Å²) in [7, 11) is 0.544. The van der Waals surface area contributed by atoms with E-state index in [9.17, 15) is 18.0 Å². The van der Waals surface area contributed by atoms with Crippen LogP contribution in [0.5, 0.6) is 11.5 Å². The summed E-state index contributed by atoms with van der Waals surface area (Å²) in [6.07, 6.45) is 1.29. The van der Waals surface area contributed by atoms with E-state index in [0.29, 0.717) is 11.5 Å². The third-order valence-electron chi connectivity index (χ3n) is 6.45. The molecule has 0 spiro atoms. The van der Waals surface area contributed by atoms with Crippen molar-refractivity contribution < 1.29 is 27.5 Å². The minimum absolute atomic E-state index is 0.125. The first kappa shape index (κ1) is 29.5. The number of methoxy groups -OCH3 is 2. The highest BCUT2D eigenvalue weighted by molar-refractivity contribution is 7.92. The number of sulfonamides is 1. The van der Waals surface area contributed by atoms with E-state index in [-0.39, 0.29) is 24.6 Å². The summed E-state index contributed by atoms with van der Waals surface area (Å²) in [5.41, 5.74) is 2.91. The third kappa shape index (κ3) is 7.51. The second-order valence-electron chi connectivity index (χ2n) is 9.08. The van der Waals surface area contributed by atoms with Gasteiger partial charge in [-0.1, -0.05) is 54.6 Å². The molecule has 0 fully saturated rings. The highest BCUT2D eigenvalue weighted by Crippen LogP contribution is 2.32. The molecule has 1 atom stereocenters. The standard InChI is InChI=1S/C29H35N3O6S/c1-21-11-9-10-14-23(21)19-31(25(29(34)30-2)17-22-12-7-6-8-13-22)28(33)20-32(39(5,35)36)24-15-16-26(37-3)27(18-24)38-4/h6-16,18,25H,17,19-20H2,1-5H3,(H,30,34)/t25-/m0/s1. The molecule has 39 heavy (non-hydrogen) atoms. The van der Waals surface area contributed by atoms with E-state index >= 15 is 0 Å². The van der Waals surface area contributed by atoms with Gasteiger partial charge in [-0.05, 0) is 35.7 Å². The molecule has 0 aliphatic heterocycles. The predicted octanol–water partition coefficient (Wildman–Crippen LogP) is 3.16. The monoisotopic (exact) mass is 553 g/mol. The Labute approximate surface area is 230 Å². The summed E-state index contributed by atoms with van der Waals surface area (Å²) in [5.74, 6) is -0.134. The second kappa shape index (κ2) is 13.1. The number of rotatable bonds is 12. The molecule has 0 heterocycles. The van der Waals surface area contributed by atoms with Crippen molar-refractivity contribution in [3.8, 4) is 11.5 Å². The lowest BCUT2D eigenvalue weighted by Gasteiger charge is -2.33. The van der Waals surface area contributed by atoms with Gasteiger partial charge in [0.2, 0.25) is 21.8 Å². The van der Waals surface area contributed by atoms with E-state index < -0.39 is 28.5 Å². The van der Waals surface area contributed by atoms with E-state index in [1.54, 1.807) is 12.1 Å². The molecule has 9 nitrogen and oxygen atoms in total. The zero-order valence-corrected chi connectivity index (χ0v) is 23.7. The molecule has 0 aliphatic carbocycles. The molecule has 0 unspecified atom stereocenters. The molecule has 0 bridgehead atoms. The Kier molecular flexibility index (Phi) is 9.95. The number of carbonyl (C=O) groups is 2. The maximum Gasteiger partial charge on any atom is 0.244 e. The van der Waals surface area contributed by atoms with Crippen LogP contribution in [0.4, 0.5) is 5.69 Å². The Morgan fingerprint density at radius 3 is 2.15 bits per heavy atom. The van der Waals surface area contributed by atoms with Gasteiger partial charge in [0.1, 0.15) is 12.6 Å². The van der Waals surface area contributed by atoms with E-state index in [2.05, 4.69) is 5.32 Å².